The molecule has 0 fully saturated rings. The van der Waals surface area contributed by atoms with Gasteiger partial charge < -0.3 is 0 Å². The van der Waals surface area contributed by atoms with Gasteiger partial charge in [-0.05, 0) is 18.9 Å². The average molecular weight is 150 g/mol. The number of rotatable bonds is 4. The van der Waals surface area contributed by atoms with Gasteiger partial charge in [0.25, 0.3) is 0 Å². The molecule has 0 amide bonds. The number of hydrogen-bond donors (Lipinski definition) is 0. The van der Waals surface area contributed by atoms with Gasteiger partial charge in [-0.25, -0.2) is 0 Å². The van der Waals surface area contributed by atoms with Gasteiger partial charge in [0.2, 0.25) is 0 Å². The SMILES string of the molecule is C=C(/C=C\C=C(/C)C=O)CC. The first-order valence-corrected chi connectivity index (χ1v) is 3.68. The highest BCUT2D eigenvalue weighted by atomic mass is 16.1. The van der Waals surface area contributed by atoms with Crippen LogP contribution in [0.25, 0.3) is 0 Å². The van der Waals surface area contributed by atoms with Gasteiger partial charge in [-0.3, -0.25) is 4.79 Å². The summed E-state index contributed by atoms with van der Waals surface area (Å²) in [6, 6.07) is 0. The van der Waals surface area contributed by atoms with Crippen molar-refractivity contribution in [3.63, 3.8) is 0 Å². The molecule has 0 saturated carbocycles. The second kappa shape index (κ2) is 5.66. The maximum Gasteiger partial charge on any atom is 0.145 e. The fourth-order valence-corrected chi connectivity index (χ4v) is 0.493. The van der Waals surface area contributed by atoms with E-state index in [0.29, 0.717) is 0 Å². The molecule has 0 bridgehead atoms. The molecule has 0 spiro atoms. The van der Waals surface area contributed by atoms with E-state index in [9.17, 15) is 4.79 Å². The highest BCUT2D eigenvalue weighted by Gasteiger charge is 1.80. The summed E-state index contributed by atoms with van der Waals surface area (Å²) in [4.78, 5) is 10.1. The third-order valence-electron chi connectivity index (χ3n) is 1.33. The molecule has 0 heterocycles. The van der Waals surface area contributed by atoms with Crippen LogP contribution in [-0.2, 0) is 4.79 Å². The Morgan fingerprint density at radius 2 is 2.18 bits per heavy atom. The molecule has 1 heteroatoms. The van der Waals surface area contributed by atoms with E-state index in [1.807, 2.05) is 19.1 Å². The van der Waals surface area contributed by atoms with E-state index in [1.54, 1.807) is 13.0 Å². The normalized spacial score (nSPS) is 12.0. The van der Waals surface area contributed by atoms with Gasteiger partial charge in [-0.15, -0.1) is 0 Å². The topological polar surface area (TPSA) is 17.1 Å². The van der Waals surface area contributed by atoms with Gasteiger partial charge in [0.1, 0.15) is 6.29 Å². The molecule has 0 aromatic carbocycles. The molecule has 0 aromatic rings. The third kappa shape index (κ3) is 5.34. The largest absolute Gasteiger partial charge is 0.298 e. The van der Waals surface area contributed by atoms with E-state index < -0.39 is 0 Å². The van der Waals surface area contributed by atoms with Crippen molar-refractivity contribution >= 4 is 6.29 Å². The number of aldehydes is 1. The molecule has 11 heavy (non-hydrogen) atoms. The predicted molar refractivity (Wildman–Crippen MR) is 48.4 cm³/mol. The van der Waals surface area contributed by atoms with Crippen molar-refractivity contribution in [2.45, 2.75) is 20.3 Å². The van der Waals surface area contributed by atoms with Crippen molar-refractivity contribution < 1.29 is 4.79 Å². The first kappa shape index (κ1) is 9.89. The zero-order chi connectivity index (χ0) is 8.69. The van der Waals surface area contributed by atoms with Gasteiger partial charge in [0, 0.05) is 0 Å². The van der Waals surface area contributed by atoms with Gasteiger partial charge in [-0.2, -0.15) is 0 Å². The minimum absolute atomic E-state index is 0.727. The van der Waals surface area contributed by atoms with Crippen LogP contribution in [0, 0.1) is 0 Å². The zero-order valence-electron chi connectivity index (χ0n) is 7.13. The average Bonchev–Trinajstić information content (AvgIpc) is 2.04. The van der Waals surface area contributed by atoms with E-state index in [-0.39, 0.29) is 0 Å². The Bertz CT molecular complexity index is 197. The molecule has 0 radical (unpaired) electrons. The van der Waals surface area contributed by atoms with Gasteiger partial charge in [0.05, 0.1) is 0 Å². The molecule has 0 aliphatic carbocycles. The first-order valence-electron chi connectivity index (χ1n) is 3.68. The van der Waals surface area contributed by atoms with Crippen molar-refractivity contribution in [2.24, 2.45) is 0 Å². The van der Waals surface area contributed by atoms with Crippen LogP contribution in [0.4, 0.5) is 0 Å². The maximum absolute atomic E-state index is 10.1. The lowest BCUT2D eigenvalue weighted by Crippen LogP contribution is -1.73. The maximum atomic E-state index is 10.1. The Labute approximate surface area is 68.1 Å². The molecule has 0 aromatic heterocycles. The van der Waals surface area contributed by atoms with Crippen LogP contribution in [0.1, 0.15) is 20.3 Å². The molecular formula is C10H14O. The van der Waals surface area contributed by atoms with E-state index in [4.69, 9.17) is 0 Å². The van der Waals surface area contributed by atoms with Gasteiger partial charge >= 0.3 is 0 Å². The summed E-state index contributed by atoms with van der Waals surface area (Å²) >= 11 is 0. The Hall–Kier alpha value is -1.11. The monoisotopic (exact) mass is 150 g/mol. The van der Waals surface area contributed by atoms with Crippen LogP contribution < -0.4 is 0 Å². The first-order chi connectivity index (χ1) is 5.20. The molecule has 0 unspecified atom stereocenters. The molecule has 0 rings (SSSR count). The number of hydrogen-bond acceptors (Lipinski definition) is 1. The summed E-state index contributed by atoms with van der Waals surface area (Å²) in [6.07, 6.45) is 7.31. The molecule has 0 atom stereocenters. The molecular weight excluding hydrogens is 136 g/mol. The second-order valence-electron chi connectivity index (χ2n) is 2.40. The third-order valence-corrected chi connectivity index (χ3v) is 1.33. The second-order valence-corrected chi connectivity index (χ2v) is 2.40. The lowest BCUT2D eigenvalue weighted by molar-refractivity contribution is -0.104. The van der Waals surface area contributed by atoms with E-state index in [2.05, 4.69) is 6.58 Å². The summed E-state index contributed by atoms with van der Waals surface area (Å²) < 4.78 is 0. The van der Waals surface area contributed by atoms with Crippen molar-refractivity contribution in [1.29, 1.82) is 0 Å². The summed E-state index contributed by atoms with van der Waals surface area (Å²) in [7, 11) is 0. The highest BCUT2D eigenvalue weighted by Crippen LogP contribution is 1.98. The quantitative estimate of drug-likeness (QED) is 0.342. The summed E-state index contributed by atoms with van der Waals surface area (Å²) in [5.41, 5.74) is 1.80. The van der Waals surface area contributed by atoms with Gasteiger partial charge in [0.15, 0.2) is 0 Å². The van der Waals surface area contributed by atoms with Crippen LogP contribution in [0.5, 0.6) is 0 Å². The lowest BCUT2D eigenvalue weighted by Gasteiger charge is -1.88. The Balaban J connectivity index is 3.95. The fourth-order valence-electron chi connectivity index (χ4n) is 0.493. The zero-order valence-corrected chi connectivity index (χ0v) is 7.13. The molecule has 0 saturated heterocycles. The summed E-state index contributed by atoms with van der Waals surface area (Å²) in [5, 5.41) is 0. The van der Waals surface area contributed by atoms with E-state index in [0.717, 1.165) is 23.9 Å². The minimum Gasteiger partial charge on any atom is -0.298 e. The van der Waals surface area contributed by atoms with Crippen LogP contribution in [0.2, 0.25) is 0 Å². The Kier molecular flexibility index (Phi) is 5.09. The van der Waals surface area contributed by atoms with Gasteiger partial charge in [-0.1, -0.05) is 37.3 Å². The fraction of sp³-hybridized carbons (Fsp3) is 0.300. The highest BCUT2D eigenvalue weighted by molar-refractivity contribution is 5.72. The Morgan fingerprint density at radius 1 is 1.55 bits per heavy atom. The Morgan fingerprint density at radius 3 is 2.64 bits per heavy atom. The molecule has 1 nitrogen and oxygen atoms in total. The summed E-state index contributed by atoms with van der Waals surface area (Å²) in [5.74, 6) is 0. The van der Waals surface area contributed by atoms with E-state index in [1.165, 1.54) is 0 Å². The predicted octanol–water partition coefficient (Wildman–Crippen LogP) is 2.65. The number of carbonyl (C=O) groups excluding carboxylic acids is 1. The number of carbonyl (C=O) groups is 1. The van der Waals surface area contributed by atoms with Crippen molar-refractivity contribution in [1.82, 2.24) is 0 Å². The standard InChI is InChI=1S/C10H14O/c1-4-9(2)6-5-7-10(3)8-11/h5-8H,2,4H2,1,3H3/b6-5-,10-7+. The molecule has 0 aliphatic rings. The van der Waals surface area contributed by atoms with Crippen LogP contribution in [0.15, 0.2) is 36.0 Å². The van der Waals surface area contributed by atoms with Crippen molar-refractivity contribution in [2.75, 3.05) is 0 Å². The van der Waals surface area contributed by atoms with Crippen LogP contribution >= 0.6 is 0 Å². The molecule has 0 N–H and O–H groups in total. The summed E-state index contributed by atoms with van der Waals surface area (Å²) in [6.45, 7) is 7.61. The molecule has 0 aliphatic heterocycles. The van der Waals surface area contributed by atoms with Crippen molar-refractivity contribution in [3.05, 3.63) is 36.0 Å². The van der Waals surface area contributed by atoms with Crippen molar-refractivity contribution in [3.8, 4) is 0 Å². The minimum atomic E-state index is 0.727. The molecule has 60 valence electrons. The smallest absolute Gasteiger partial charge is 0.145 e. The van der Waals surface area contributed by atoms with Crippen LogP contribution in [-0.4, -0.2) is 6.29 Å². The number of allylic oxidation sites excluding steroid dienone is 5. The van der Waals surface area contributed by atoms with E-state index >= 15 is 0 Å². The lowest BCUT2D eigenvalue weighted by atomic mass is 10.2. The van der Waals surface area contributed by atoms with Crippen LogP contribution in [0.3, 0.4) is 0 Å².